The van der Waals surface area contributed by atoms with E-state index >= 15 is 0 Å². The Labute approximate surface area is 229 Å². The van der Waals surface area contributed by atoms with Crippen LogP contribution in [0.15, 0.2) is 30.3 Å². The highest BCUT2D eigenvalue weighted by Gasteiger charge is 2.33. The van der Waals surface area contributed by atoms with E-state index in [9.17, 15) is 30.8 Å². The second kappa shape index (κ2) is 11.6. The zero-order chi connectivity index (χ0) is 28.5. The molecule has 1 atom stereocenters. The van der Waals surface area contributed by atoms with Crippen LogP contribution in [0.25, 0.3) is 0 Å². The van der Waals surface area contributed by atoms with Crippen LogP contribution in [0.2, 0.25) is 5.02 Å². The topological polar surface area (TPSA) is 84.9 Å². The molecule has 0 bridgehead atoms. The van der Waals surface area contributed by atoms with Crippen molar-refractivity contribution in [3.63, 3.8) is 0 Å². The molecule has 1 aliphatic carbocycles. The summed E-state index contributed by atoms with van der Waals surface area (Å²) in [6.07, 6.45) is -1.23. The van der Waals surface area contributed by atoms with E-state index in [0.29, 0.717) is 49.4 Å². The molecule has 13 heteroatoms. The predicted molar refractivity (Wildman–Crippen MR) is 136 cm³/mol. The van der Waals surface area contributed by atoms with Gasteiger partial charge in [0.15, 0.2) is 0 Å². The number of nitrogens with zero attached hydrogens (tertiary/aromatic N) is 1. The standard InChI is InChI=1S/C26H29ClF4N2O5S/c1-15(18-9-19(26(29,30)31)11-20(27)10-18)38-33-7-5-16(6-8-33)14-37-24-13-23(28)22(12-21(24)17-3-4-17)25(34)32-39(2,35)36/h9-13,15-17H,3-8,14H2,1-2H3,(H,32,34)/t15-/m1/s1. The number of carbonyl (C=O) groups excluding carboxylic acids is 1. The fourth-order valence-corrected chi connectivity index (χ4v) is 5.18. The Morgan fingerprint density at radius 1 is 1.13 bits per heavy atom. The molecule has 7 nitrogen and oxygen atoms in total. The molecule has 0 aromatic heterocycles. The zero-order valence-electron chi connectivity index (χ0n) is 21.4. The van der Waals surface area contributed by atoms with Crippen molar-refractivity contribution >= 4 is 27.5 Å². The molecule has 0 radical (unpaired) electrons. The Morgan fingerprint density at radius 2 is 1.79 bits per heavy atom. The number of halogens is 5. The van der Waals surface area contributed by atoms with Crippen LogP contribution in [0.3, 0.4) is 0 Å². The van der Waals surface area contributed by atoms with Crippen molar-refractivity contribution in [3.05, 3.63) is 63.4 Å². The first-order valence-corrected chi connectivity index (χ1v) is 14.7. The summed E-state index contributed by atoms with van der Waals surface area (Å²) in [7, 11) is -3.84. The number of ether oxygens (including phenoxy) is 1. The van der Waals surface area contributed by atoms with Gasteiger partial charge in [-0.25, -0.2) is 17.5 Å². The van der Waals surface area contributed by atoms with E-state index in [-0.39, 0.29) is 22.4 Å². The van der Waals surface area contributed by atoms with Crippen molar-refractivity contribution in [2.45, 2.75) is 50.8 Å². The highest BCUT2D eigenvalue weighted by atomic mass is 35.5. The largest absolute Gasteiger partial charge is 0.493 e. The maximum absolute atomic E-state index is 14.7. The first-order valence-electron chi connectivity index (χ1n) is 12.5. The minimum Gasteiger partial charge on any atom is -0.493 e. The van der Waals surface area contributed by atoms with Gasteiger partial charge < -0.3 is 4.74 Å². The number of nitrogens with one attached hydrogen (secondary N) is 1. The van der Waals surface area contributed by atoms with Crippen LogP contribution in [-0.4, -0.2) is 45.3 Å². The summed E-state index contributed by atoms with van der Waals surface area (Å²) < 4.78 is 84.6. The molecule has 1 N–H and O–H groups in total. The summed E-state index contributed by atoms with van der Waals surface area (Å²) in [6.45, 7) is 3.02. The summed E-state index contributed by atoms with van der Waals surface area (Å²) in [5.74, 6) is -1.32. The monoisotopic (exact) mass is 592 g/mol. The molecule has 0 unspecified atom stereocenters. The van der Waals surface area contributed by atoms with Gasteiger partial charge in [0.05, 0.1) is 24.0 Å². The molecule has 39 heavy (non-hydrogen) atoms. The molecule has 1 amide bonds. The number of hydrogen-bond donors (Lipinski definition) is 1. The van der Waals surface area contributed by atoms with E-state index in [4.69, 9.17) is 21.2 Å². The van der Waals surface area contributed by atoms with E-state index in [1.807, 2.05) is 0 Å². The smallest absolute Gasteiger partial charge is 0.416 e. The van der Waals surface area contributed by atoms with Gasteiger partial charge >= 0.3 is 6.18 Å². The molecule has 2 aliphatic rings. The van der Waals surface area contributed by atoms with Crippen molar-refractivity contribution in [2.24, 2.45) is 5.92 Å². The number of piperidine rings is 1. The fraction of sp³-hybridized carbons (Fsp3) is 0.500. The first kappa shape index (κ1) is 29.6. The van der Waals surface area contributed by atoms with Gasteiger partial charge in [-0.3, -0.25) is 9.63 Å². The molecule has 1 saturated carbocycles. The third kappa shape index (κ3) is 8.06. The van der Waals surface area contributed by atoms with E-state index in [2.05, 4.69) is 0 Å². The summed E-state index contributed by atoms with van der Waals surface area (Å²) in [5, 5.41) is 1.69. The number of benzene rings is 2. The maximum atomic E-state index is 14.7. The van der Waals surface area contributed by atoms with E-state index in [1.54, 1.807) is 16.7 Å². The van der Waals surface area contributed by atoms with Gasteiger partial charge in [-0.05, 0) is 79.8 Å². The highest BCUT2D eigenvalue weighted by Crippen LogP contribution is 2.45. The number of amides is 1. The van der Waals surface area contributed by atoms with Crippen LogP contribution in [0.1, 0.15) is 71.7 Å². The van der Waals surface area contributed by atoms with Crippen LogP contribution in [0, 0.1) is 11.7 Å². The fourth-order valence-electron chi connectivity index (χ4n) is 4.49. The third-order valence-electron chi connectivity index (χ3n) is 6.71. The molecule has 1 aliphatic heterocycles. The minimum absolute atomic E-state index is 0.0165. The van der Waals surface area contributed by atoms with Gasteiger partial charge in [0.1, 0.15) is 17.7 Å². The van der Waals surface area contributed by atoms with E-state index in [0.717, 1.165) is 37.3 Å². The molecular weight excluding hydrogens is 564 g/mol. The molecule has 0 spiro atoms. The van der Waals surface area contributed by atoms with Gasteiger partial charge in [0, 0.05) is 24.2 Å². The summed E-state index contributed by atoms with van der Waals surface area (Å²) in [6, 6.07) is 5.85. The quantitative estimate of drug-likeness (QED) is 0.368. The lowest BCUT2D eigenvalue weighted by molar-refractivity contribution is -0.208. The maximum Gasteiger partial charge on any atom is 0.416 e. The van der Waals surface area contributed by atoms with Gasteiger partial charge in [-0.15, -0.1) is 0 Å². The second-order valence-electron chi connectivity index (χ2n) is 10.0. The van der Waals surface area contributed by atoms with Crippen LogP contribution in [0.4, 0.5) is 17.6 Å². The molecule has 4 rings (SSSR count). The van der Waals surface area contributed by atoms with E-state index in [1.165, 1.54) is 12.1 Å². The van der Waals surface area contributed by atoms with Crippen molar-refractivity contribution in [1.29, 1.82) is 0 Å². The van der Waals surface area contributed by atoms with E-state index < -0.39 is 39.6 Å². The molecular formula is C26H29ClF4N2O5S. The van der Waals surface area contributed by atoms with Crippen molar-refractivity contribution in [2.75, 3.05) is 26.0 Å². The second-order valence-corrected chi connectivity index (χ2v) is 12.2. The molecule has 214 valence electrons. The van der Waals surface area contributed by atoms with Gasteiger partial charge in [-0.2, -0.15) is 18.2 Å². The molecule has 1 saturated heterocycles. The molecule has 2 aromatic carbocycles. The van der Waals surface area contributed by atoms with Gasteiger partial charge in [0.25, 0.3) is 5.91 Å². The van der Waals surface area contributed by atoms with Crippen LogP contribution >= 0.6 is 11.6 Å². The Balaban J connectivity index is 1.33. The van der Waals surface area contributed by atoms with Crippen molar-refractivity contribution in [1.82, 2.24) is 9.79 Å². The predicted octanol–water partition coefficient (Wildman–Crippen LogP) is 5.85. The Hall–Kier alpha value is -2.41. The minimum atomic E-state index is -4.51. The van der Waals surface area contributed by atoms with Crippen LogP contribution in [-0.2, 0) is 21.0 Å². The molecule has 1 heterocycles. The summed E-state index contributed by atoms with van der Waals surface area (Å²) in [5.41, 5.74) is -0.188. The third-order valence-corrected chi connectivity index (χ3v) is 7.49. The number of rotatable bonds is 9. The Kier molecular flexibility index (Phi) is 8.79. The number of sulfonamides is 1. The SMILES string of the molecule is C[C@@H](ON1CCC(COc2cc(F)c(C(=O)NS(C)(=O)=O)cc2C2CC2)CC1)c1cc(Cl)cc(C(F)(F)F)c1. The van der Waals surface area contributed by atoms with Crippen molar-refractivity contribution < 1.29 is 40.3 Å². The lowest BCUT2D eigenvalue weighted by Gasteiger charge is -2.33. The van der Waals surface area contributed by atoms with Crippen LogP contribution in [0.5, 0.6) is 5.75 Å². The molecule has 2 aromatic rings. The normalized spacial score (nSPS) is 18.1. The summed E-state index contributed by atoms with van der Waals surface area (Å²) in [4.78, 5) is 18.1. The molecule has 2 fully saturated rings. The average Bonchev–Trinajstić information content (AvgIpc) is 3.67. The highest BCUT2D eigenvalue weighted by molar-refractivity contribution is 7.89. The Bertz CT molecular complexity index is 1330. The average molecular weight is 593 g/mol. The zero-order valence-corrected chi connectivity index (χ0v) is 22.9. The van der Waals surface area contributed by atoms with Crippen molar-refractivity contribution in [3.8, 4) is 5.75 Å². The Morgan fingerprint density at radius 3 is 2.38 bits per heavy atom. The number of hydrogen-bond acceptors (Lipinski definition) is 6. The number of hydroxylamine groups is 2. The lowest BCUT2D eigenvalue weighted by Crippen LogP contribution is -2.36. The van der Waals surface area contributed by atoms with Gasteiger partial charge in [-0.1, -0.05) is 11.6 Å². The first-order chi connectivity index (χ1) is 18.2. The number of alkyl halides is 3. The van der Waals surface area contributed by atoms with Crippen LogP contribution < -0.4 is 9.46 Å². The number of carbonyl (C=O) groups is 1. The summed E-state index contributed by atoms with van der Waals surface area (Å²) >= 11 is 5.89. The van der Waals surface area contributed by atoms with Gasteiger partial charge in [0.2, 0.25) is 10.0 Å². The lowest BCUT2D eigenvalue weighted by atomic mass is 9.99.